The maximum atomic E-state index is 10.4. The lowest BCUT2D eigenvalue weighted by Gasteiger charge is -2.28. The topological polar surface area (TPSA) is 74.9 Å². The van der Waals surface area contributed by atoms with Gasteiger partial charge in [-0.2, -0.15) is 0 Å². The van der Waals surface area contributed by atoms with Gasteiger partial charge in [0.15, 0.2) is 5.16 Å². The molecule has 0 amide bonds. The molecule has 2 aromatic rings. The molecule has 3 rings (SSSR count). The van der Waals surface area contributed by atoms with Gasteiger partial charge in [-0.05, 0) is 49.8 Å². The molecule has 0 radical (unpaired) electrons. The fourth-order valence-corrected chi connectivity index (χ4v) is 4.22. The lowest BCUT2D eigenvalue weighted by atomic mass is 9.89. The van der Waals surface area contributed by atoms with E-state index in [1.54, 1.807) is 11.8 Å². The summed E-state index contributed by atoms with van der Waals surface area (Å²) in [5, 5.41) is 11.4. The smallest absolute Gasteiger partial charge is 0.166 e. The molecule has 21 heavy (non-hydrogen) atoms. The molecule has 0 bridgehead atoms. The van der Waals surface area contributed by atoms with Crippen LogP contribution in [0.4, 0.5) is 0 Å². The Morgan fingerprint density at radius 3 is 3.19 bits per heavy atom. The number of aliphatic hydroxyl groups is 1. The Labute approximate surface area is 129 Å². The third-order valence-corrected chi connectivity index (χ3v) is 5.50. The van der Waals surface area contributed by atoms with Gasteiger partial charge in [0.1, 0.15) is 0 Å². The molecule has 1 saturated carbocycles. The van der Waals surface area contributed by atoms with Gasteiger partial charge in [-0.15, -0.1) is 0 Å². The van der Waals surface area contributed by atoms with Gasteiger partial charge in [-0.3, -0.25) is 0 Å². The summed E-state index contributed by atoms with van der Waals surface area (Å²) in [7, 11) is 0. The second-order valence-electron chi connectivity index (χ2n) is 6.10. The van der Waals surface area contributed by atoms with Crippen LogP contribution < -0.4 is 5.73 Å². The van der Waals surface area contributed by atoms with E-state index in [1.807, 2.05) is 0 Å². The predicted octanol–water partition coefficient (Wildman–Crippen LogP) is 2.84. The van der Waals surface area contributed by atoms with Gasteiger partial charge >= 0.3 is 0 Å². The van der Waals surface area contributed by atoms with E-state index in [2.05, 4.69) is 35.1 Å². The molecule has 0 saturated heterocycles. The summed E-state index contributed by atoms with van der Waals surface area (Å²) in [5.74, 6) is 1.30. The maximum absolute atomic E-state index is 10.4. The predicted molar refractivity (Wildman–Crippen MR) is 87.5 cm³/mol. The number of aromatic nitrogens is 2. The number of nitrogens with two attached hydrogens (primary N) is 1. The molecular formula is C16H23N3OS. The number of nitrogens with zero attached hydrogens (tertiary/aromatic N) is 1. The molecule has 4 N–H and O–H groups in total. The average Bonchev–Trinajstić information content (AvgIpc) is 3.03. The molecule has 2 atom stereocenters. The Balaban J connectivity index is 1.59. The van der Waals surface area contributed by atoms with Crippen LogP contribution in [0.1, 0.15) is 31.2 Å². The normalized spacial score (nSPS) is 25.8. The first-order valence-electron chi connectivity index (χ1n) is 7.62. The number of thioether (sulfide) groups is 1. The van der Waals surface area contributed by atoms with Crippen LogP contribution in [0.25, 0.3) is 11.0 Å². The standard InChI is InChI=1S/C16H23N3OS/c1-11-4-5-13-14(9-11)19-15(18-13)21-8-6-12-3-2-7-16(12,20)10-17/h4-5,9,12,20H,2-3,6-8,10,17H2,1H3,(H,18,19). The number of H-pyrrole nitrogens is 1. The third-order valence-electron chi connectivity index (χ3n) is 4.60. The van der Waals surface area contributed by atoms with Crippen LogP contribution in [0.3, 0.4) is 0 Å². The summed E-state index contributed by atoms with van der Waals surface area (Å²) in [6.07, 6.45) is 4.03. The monoisotopic (exact) mass is 305 g/mol. The van der Waals surface area contributed by atoms with Crippen molar-refractivity contribution >= 4 is 22.8 Å². The average molecular weight is 305 g/mol. The number of fused-ring (bicyclic) bond motifs is 1. The van der Waals surface area contributed by atoms with Crippen LogP contribution in [0.15, 0.2) is 23.4 Å². The van der Waals surface area contributed by atoms with Crippen molar-refractivity contribution in [2.45, 2.75) is 43.4 Å². The van der Waals surface area contributed by atoms with Crippen LogP contribution in [-0.2, 0) is 0 Å². The molecule has 1 heterocycles. The SMILES string of the molecule is Cc1ccc2nc(SCCC3CCCC3(O)CN)[nH]c2c1. The molecule has 1 aliphatic rings. The van der Waals surface area contributed by atoms with Crippen LogP contribution in [0, 0.1) is 12.8 Å². The van der Waals surface area contributed by atoms with Gasteiger partial charge in [-0.1, -0.05) is 24.2 Å². The molecule has 0 spiro atoms. The molecule has 4 nitrogen and oxygen atoms in total. The lowest BCUT2D eigenvalue weighted by Crippen LogP contribution is -2.41. The number of benzene rings is 1. The molecule has 1 fully saturated rings. The number of hydrogen-bond acceptors (Lipinski definition) is 4. The third kappa shape index (κ3) is 3.10. The minimum Gasteiger partial charge on any atom is -0.388 e. The highest BCUT2D eigenvalue weighted by molar-refractivity contribution is 7.99. The van der Waals surface area contributed by atoms with Crippen LogP contribution in [-0.4, -0.2) is 33.0 Å². The van der Waals surface area contributed by atoms with Gasteiger partial charge in [0.2, 0.25) is 0 Å². The highest BCUT2D eigenvalue weighted by Gasteiger charge is 2.39. The zero-order valence-electron chi connectivity index (χ0n) is 12.4. The van der Waals surface area contributed by atoms with Crippen molar-refractivity contribution in [1.29, 1.82) is 0 Å². The van der Waals surface area contributed by atoms with Crippen molar-refractivity contribution in [3.05, 3.63) is 23.8 Å². The first-order valence-corrected chi connectivity index (χ1v) is 8.61. The molecule has 1 aliphatic carbocycles. The van der Waals surface area contributed by atoms with Crippen molar-refractivity contribution in [3.8, 4) is 0 Å². The maximum Gasteiger partial charge on any atom is 0.166 e. The minimum atomic E-state index is -0.633. The molecule has 114 valence electrons. The van der Waals surface area contributed by atoms with E-state index in [9.17, 15) is 5.11 Å². The van der Waals surface area contributed by atoms with Crippen molar-refractivity contribution < 1.29 is 5.11 Å². The summed E-state index contributed by atoms with van der Waals surface area (Å²) < 4.78 is 0. The van der Waals surface area contributed by atoms with Gasteiger partial charge in [0, 0.05) is 12.3 Å². The second kappa shape index (κ2) is 5.99. The van der Waals surface area contributed by atoms with Crippen molar-refractivity contribution in [3.63, 3.8) is 0 Å². The van der Waals surface area contributed by atoms with Gasteiger partial charge < -0.3 is 15.8 Å². The van der Waals surface area contributed by atoms with Crippen LogP contribution in [0.2, 0.25) is 0 Å². The van der Waals surface area contributed by atoms with Gasteiger partial charge in [0.05, 0.1) is 16.6 Å². The van der Waals surface area contributed by atoms with E-state index in [0.29, 0.717) is 12.5 Å². The summed E-state index contributed by atoms with van der Waals surface area (Å²) in [6.45, 7) is 2.47. The van der Waals surface area contributed by atoms with E-state index < -0.39 is 5.60 Å². The molecule has 2 unspecified atom stereocenters. The fraction of sp³-hybridized carbons (Fsp3) is 0.562. The van der Waals surface area contributed by atoms with Gasteiger partial charge in [0.25, 0.3) is 0 Å². The lowest BCUT2D eigenvalue weighted by molar-refractivity contribution is 0.0103. The highest BCUT2D eigenvalue weighted by atomic mass is 32.2. The summed E-state index contributed by atoms with van der Waals surface area (Å²) in [5.41, 5.74) is 8.45. The van der Waals surface area contributed by atoms with E-state index in [-0.39, 0.29) is 0 Å². The largest absolute Gasteiger partial charge is 0.388 e. The first kappa shape index (κ1) is 14.9. The van der Waals surface area contributed by atoms with E-state index in [1.165, 1.54) is 5.56 Å². The Hall–Kier alpha value is -1.04. The van der Waals surface area contributed by atoms with Crippen molar-refractivity contribution in [2.24, 2.45) is 11.7 Å². The Morgan fingerprint density at radius 1 is 1.52 bits per heavy atom. The minimum absolute atomic E-state index is 0.335. The summed E-state index contributed by atoms with van der Waals surface area (Å²) in [6, 6.07) is 6.25. The molecule has 0 aliphatic heterocycles. The van der Waals surface area contributed by atoms with Gasteiger partial charge in [-0.25, -0.2) is 4.98 Å². The molecular weight excluding hydrogens is 282 g/mol. The Morgan fingerprint density at radius 2 is 2.38 bits per heavy atom. The van der Waals surface area contributed by atoms with Crippen molar-refractivity contribution in [2.75, 3.05) is 12.3 Å². The number of aromatic amines is 1. The summed E-state index contributed by atoms with van der Waals surface area (Å²) in [4.78, 5) is 7.96. The number of aryl methyl sites for hydroxylation is 1. The number of imidazole rings is 1. The Kier molecular flexibility index (Phi) is 4.24. The highest BCUT2D eigenvalue weighted by Crippen LogP contribution is 2.38. The Bertz CT molecular complexity index is 627. The van der Waals surface area contributed by atoms with Crippen molar-refractivity contribution in [1.82, 2.24) is 9.97 Å². The first-order chi connectivity index (χ1) is 10.1. The quantitative estimate of drug-likeness (QED) is 0.743. The van der Waals surface area contributed by atoms with Crippen LogP contribution >= 0.6 is 11.8 Å². The van der Waals surface area contributed by atoms with E-state index in [0.717, 1.165) is 47.6 Å². The number of rotatable bonds is 5. The molecule has 1 aromatic carbocycles. The van der Waals surface area contributed by atoms with Crippen LogP contribution in [0.5, 0.6) is 0 Å². The second-order valence-corrected chi connectivity index (χ2v) is 7.18. The molecule has 5 heteroatoms. The number of hydrogen-bond donors (Lipinski definition) is 3. The van der Waals surface area contributed by atoms with E-state index in [4.69, 9.17) is 5.73 Å². The summed E-state index contributed by atoms with van der Waals surface area (Å²) >= 11 is 1.73. The number of nitrogens with one attached hydrogen (secondary N) is 1. The molecule has 1 aromatic heterocycles. The zero-order valence-corrected chi connectivity index (χ0v) is 13.2. The zero-order chi connectivity index (χ0) is 14.9. The fourth-order valence-electron chi connectivity index (χ4n) is 3.28. The van der Waals surface area contributed by atoms with E-state index >= 15 is 0 Å².